The number of hydrogen-bond donors (Lipinski definition) is 1. The van der Waals surface area contributed by atoms with Gasteiger partial charge in [0.2, 0.25) is 0 Å². The van der Waals surface area contributed by atoms with Gasteiger partial charge in [0, 0.05) is 6.07 Å². The van der Waals surface area contributed by atoms with Crippen LogP contribution in [0.25, 0.3) is 0 Å². The lowest BCUT2D eigenvalue weighted by atomic mass is 10.3. The van der Waals surface area contributed by atoms with Gasteiger partial charge in [-0.2, -0.15) is 0 Å². The maximum absolute atomic E-state index is 13.4. The molecule has 0 saturated heterocycles. The number of carbonyl (C=O) groups is 1. The maximum Gasteiger partial charge on any atom is 0.262 e. The summed E-state index contributed by atoms with van der Waals surface area (Å²) in [7, 11) is 0. The zero-order valence-corrected chi connectivity index (χ0v) is 13.1. The molecule has 0 aliphatic heterocycles. The van der Waals surface area contributed by atoms with E-state index in [-0.39, 0.29) is 20.8 Å². The molecule has 2 aromatic carbocycles. The molecule has 0 aliphatic carbocycles. The minimum atomic E-state index is -0.888. The van der Waals surface area contributed by atoms with Gasteiger partial charge in [-0.1, -0.05) is 40.9 Å². The van der Waals surface area contributed by atoms with E-state index in [0.717, 1.165) is 12.1 Å². The van der Waals surface area contributed by atoms with E-state index in [1.807, 2.05) is 0 Å². The first-order chi connectivity index (χ1) is 10.4. The van der Waals surface area contributed by atoms with Gasteiger partial charge in [-0.15, -0.1) is 0 Å². The lowest BCUT2D eigenvalue weighted by molar-refractivity contribution is -0.118. The monoisotopic (exact) mass is 365 g/mol. The van der Waals surface area contributed by atoms with Gasteiger partial charge in [-0.25, -0.2) is 8.78 Å². The molecule has 0 radical (unpaired) electrons. The normalized spacial score (nSPS) is 10.4. The third-order valence-corrected chi connectivity index (χ3v) is 3.58. The van der Waals surface area contributed by atoms with Gasteiger partial charge in [0.1, 0.15) is 23.1 Å². The second-order valence-corrected chi connectivity index (χ2v) is 5.35. The van der Waals surface area contributed by atoms with Crippen LogP contribution in [-0.4, -0.2) is 12.5 Å². The van der Waals surface area contributed by atoms with E-state index in [4.69, 9.17) is 39.5 Å². The van der Waals surface area contributed by atoms with Crippen molar-refractivity contribution in [2.45, 2.75) is 0 Å². The summed E-state index contributed by atoms with van der Waals surface area (Å²) in [5.74, 6) is -2.41. The highest BCUT2D eigenvalue weighted by Crippen LogP contribution is 2.33. The Morgan fingerprint density at radius 1 is 1.05 bits per heavy atom. The fraction of sp³-hybridized carbons (Fsp3) is 0.0714. The molecule has 0 fully saturated rings. The lowest BCUT2D eigenvalue weighted by Crippen LogP contribution is -2.21. The Bertz CT molecular complexity index is 705. The number of para-hydroxylation sites is 1. The Morgan fingerprint density at radius 3 is 2.27 bits per heavy atom. The van der Waals surface area contributed by atoms with Gasteiger partial charge < -0.3 is 10.1 Å². The summed E-state index contributed by atoms with van der Waals surface area (Å²) >= 11 is 17.4. The van der Waals surface area contributed by atoms with Crippen LogP contribution in [0.4, 0.5) is 14.5 Å². The molecule has 0 aromatic heterocycles. The number of ether oxygens (including phenoxy) is 1. The molecule has 22 heavy (non-hydrogen) atoms. The summed E-state index contributed by atoms with van der Waals surface area (Å²) in [5.41, 5.74) is -0.545. The minimum absolute atomic E-state index is 0.125. The van der Waals surface area contributed by atoms with Gasteiger partial charge in [-0.3, -0.25) is 4.79 Å². The first kappa shape index (κ1) is 16.8. The Morgan fingerprint density at radius 2 is 1.64 bits per heavy atom. The Balaban J connectivity index is 2.03. The van der Waals surface area contributed by atoms with Gasteiger partial charge in [0.15, 0.2) is 6.61 Å². The summed E-state index contributed by atoms with van der Waals surface area (Å²) in [4.78, 5) is 11.7. The Kier molecular flexibility index (Phi) is 5.45. The summed E-state index contributed by atoms with van der Waals surface area (Å²) < 4.78 is 31.9. The van der Waals surface area contributed by atoms with Crippen molar-refractivity contribution in [2.24, 2.45) is 0 Å². The molecule has 1 amide bonds. The van der Waals surface area contributed by atoms with Crippen molar-refractivity contribution in [3.05, 3.63) is 57.0 Å². The third kappa shape index (κ3) is 4.00. The topological polar surface area (TPSA) is 38.3 Å². The van der Waals surface area contributed by atoms with Crippen molar-refractivity contribution in [3.8, 4) is 5.75 Å². The first-order valence-electron chi connectivity index (χ1n) is 5.89. The molecule has 0 saturated carbocycles. The van der Waals surface area contributed by atoms with Gasteiger partial charge in [-0.05, 0) is 18.2 Å². The number of benzene rings is 2. The quantitative estimate of drug-likeness (QED) is 0.778. The van der Waals surface area contributed by atoms with Crippen molar-refractivity contribution in [2.75, 3.05) is 11.9 Å². The van der Waals surface area contributed by atoms with Crippen LogP contribution in [0.5, 0.6) is 5.75 Å². The molecule has 116 valence electrons. The van der Waals surface area contributed by atoms with Gasteiger partial charge in [0.25, 0.3) is 5.91 Å². The molecule has 0 bridgehead atoms. The third-order valence-electron chi connectivity index (χ3n) is 2.56. The number of halogens is 5. The van der Waals surface area contributed by atoms with E-state index in [9.17, 15) is 13.6 Å². The summed E-state index contributed by atoms with van der Waals surface area (Å²) in [6.07, 6.45) is 0. The molecule has 2 aromatic rings. The number of rotatable bonds is 4. The Hall–Kier alpha value is -1.56. The average molecular weight is 367 g/mol. The molecule has 3 nitrogen and oxygen atoms in total. The smallest absolute Gasteiger partial charge is 0.262 e. The van der Waals surface area contributed by atoms with Crippen LogP contribution in [0.3, 0.4) is 0 Å². The number of nitrogens with one attached hydrogen (secondary N) is 1. The van der Waals surface area contributed by atoms with E-state index in [2.05, 4.69) is 5.32 Å². The lowest BCUT2D eigenvalue weighted by Gasteiger charge is -2.10. The molecule has 1 N–H and O–H groups in total. The van der Waals surface area contributed by atoms with E-state index >= 15 is 0 Å². The number of carbonyl (C=O) groups excluding carboxylic acids is 1. The van der Waals surface area contributed by atoms with Crippen LogP contribution < -0.4 is 10.1 Å². The molecule has 0 unspecified atom stereocenters. The average Bonchev–Trinajstić information content (AvgIpc) is 2.45. The second-order valence-electron chi connectivity index (χ2n) is 4.13. The van der Waals surface area contributed by atoms with Crippen LogP contribution in [-0.2, 0) is 4.79 Å². The van der Waals surface area contributed by atoms with Crippen molar-refractivity contribution >= 4 is 46.4 Å². The molecular formula is C14H8Cl3F2NO2. The van der Waals surface area contributed by atoms with E-state index in [1.54, 1.807) is 0 Å². The van der Waals surface area contributed by atoms with Crippen molar-refractivity contribution in [1.29, 1.82) is 0 Å². The zero-order chi connectivity index (χ0) is 16.3. The van der Waals surface area contributed by atoms with Crippen LogP contribution in [0.1, 0.15) is 0 Å². The maximum atomic E-state index is 13.4. The number of hydrogen-bond acceptors (Lipinski definition) is 2. The SMILES string of the molecule is O=C(COc1cc(Cl)c(Cl)cc1Cl)Nc1c(F)cccc1F. The van der Waals surface area contributed by atoms with Gasteiger partial charge >= 0.3 is 0 Å². The fourth-order valence-corrected chi connectivity index (χ4v) is 2.14. The van der Waals surface area contributed by atoms with Crippen LogP contribution in [0, 0.1) is 11.6 Å². The van der Waals surface area contributed by atoms with Crippen molar-refractivity contribution in [1.82, 2.24) is 0 Å². The van der Waals surface area contributed by atoms with Crippen molar-refractivity contribution < 1.29 is 18.3 Å². The molecule has 0 heterocycles. The Labute approximate surface area is 139 Å². The number of amides is 1. The predicted molar refractivity (Wildman–Crippen MR) is 82.0 cm³/mol. The molecule has 0 aliphatic rings. The van der Waals surface area contributed by atoms with E-state index in [1.165, 1.54) is 18.2 Å². The standard InChI is InChI=1S/C14H8Cl3F2NO2/c15-7-4-9(17)12(5-8(7)16)22-6-13(21)20-14-10(18)2-1-3-11(14)19/h1-5H,6H2,(H,20,21). The number of anilines is 1. The fourth-order valence-electron chi connectivity index (χ4n) is 1.55. The highest BCUT2D eigenvalue weighted by molar-refractivity contribution is 6.43. The second kappa shape index (κ2) is 7.13. The highest BCUT2D eigenvalue weighted by Gasteiger charge is 2.13. The largest absolute Gasteiger partial charge is 0.482 e. The molecule has 0 atom stereocenters. The highest BCUT2D eigenvalue weighted by atomic mass is 35.5. The summed E-state index contributed by atoms with van der Waals surface area (Å²) in [6, 6.07) is 5.93. The minimum Gasteiger partial charge on any atom is -0.482 e. The zero-order valence-electron chi connectivity index (χ0n) is 10.8. The van der Waals surface area contributed by atoms with Crippen LogP contribution in [0.2, 0.25) is 15.1 Å². The summed E-state index contributed by atoms with van der Waals surface area (Å²) in [5, 5.41) is 2.66. The van der Waals surface area contributed by atoms with E-state index < -0.39 is 29.8 Å². The summed E-state index contributed by atoms with van der Waals surface area (Å²) in [6.45, 7) is -0.508. The molecule has 8 heteroatoms. The van der Waals surface area contributed by atoms with Crippen molar-refractivity contribution in [3.63, 3.8) is 0 Å². The molecular weight excluding hydrogens is 359 g/mol. The predicted octanol–water partition coefficient (Wildman–Crippen LogP) is 4.94. The van der Waals surface area contributed by atoms with Crippen LogP contribution >= 0.6 is 34.8 Å². The van der Waals surface area contributed by atoms with Crippen LogP contribution in [0.15, 0.2) is 30.3 Å². The molecule has 2 rings (SSSR count). The molecule has 0 spiro atoms. The van der Waals surface area contributed by atoms with E-state index in [0.29, 0.717) is 0 Å². The first-order valence-corrected chi connectivity index (χ1v) is 7.03. The van der Waals surface area contributed by atoms with Gasteiger partial charge in [0.05, 0.1) is 15.1 Å².